The van der Waals surface area contributed by atoms with Crippen molar-refractivity contribution in [3.05, 3.63) is 34.3 Å². The Labute approximate surface area is 118 Å². The molecule has 0 radical (unpaired) electrons. The molecule has 0 heterocycles. The minimum atomic E-state index is 0.328. The molecule has 0 aromatic heterocycles. The van der Waals surface area contributed by atoms with Gasteiger partial charge in [-0.2, -0.15) is 0 Å². The molecular weight excluding hydrogens is 290 g/mol. The van der Waals surface area contributed by atoms with Gasteiger partial charge in [0.2, 0.25) is 0 Å². The molecule has 2 unspecified atom stereocenters. The van der Waals surface area contributed by atoms with Crippen molar-refractivity contribution in [2.75, 3.05) is 26.8 Å². The molecule has 2 atom stereocenters. The van der Waals surface area contributed by atoms with E-state index in [1.54, 1.807) is 7.11 Å². The Morgan fingerprint density at radius 1 is 1.39 bits per heavy atom. The van der Waals surface area contributed by atoms with Gasteiger partial charge in [0.1, 0.15) is 0 Å². The van der Waals surface area contributed by atoms with Crippen LogP contribution in [0.2, 0.25) is 0 Å². The molecule has 1 N–H and O–H groups in total. The third-order valence-electron chi connectivity index (χ3n) is 4.31. The molecule has 2 rings (SSSR count). The van der Waals surface area contributed by atoms with Crippen LogP contribution in [0.5, 0.6) is 0 Å². The standard InChI is InChI=1S/C15H22BrNO/c1-12-7-8-15(12,11-17-9-10-18-2)13-3-5-14(16)6-4-13/h3-6,12,17H,7-11H2,1-2H3. The maximum Gasteiger partial charge on any atom is 0.0587 e. The Morgan fingerprint density at radius 2 is 2.11 bits per heavy atom. The van der Waals surface area contributed by atoms with Gasteiger partial charge >= 0.3 is 0 Å². The zero-order valence-corrected chi connectivity index (χ0v) is 12.8. The number of hydrogen-bond acceptors (Lipinski definition) is 2. The van der Waals surface area contributed by atoms with Crippen molar-refractivity contribution >= 4 is 15.9 Å². The molecule has 1 aliphatic rings. The van der Waals surface area contributed by atoms with E-state index in [0.29, 0.717) is 5.41 Å². The summed E-state index contributed by atoms with van der Waals surface area (Å²) in [6.07, 6.45) is 2.62. The molecule has 0 spiro atoms. The van der Waals surface area contributed by atoms with Crippen molar-refractivity contribution in [3.63, 3.8) is 0 Å². The number of benzene rings is 1. The average Bonchev–Trinajstić information content (AvgIpc) is 2.38. The van der Waals surface area contributed by atoms with Crippen molar-refractivity contribution in [2.45, 2.75) is 25.2 Å². The number of ether oxygens (including phenoxy) is 1. The second-order valence-corrected chi connectivity index (χ2v) is 6.19. The van der Waals surface area contributed by atoms with Crippen LogP contribution in [0.25, 0.3) is 0 Å². The summed E-state index contributed by atoms with van der Waals surface area (Å²) in [5, 5.41) is 3.54. The zero-order chi connectivity index (χ0) is 13.0. The van der Waals surface area contributed by atoms with Crippen LogP contribution in [0.1, 0.15) is 25.3 Å². The maximum atomic E-state index is 5.09. The fourth-order valence-electron chi connectivity index (χ4n) is 2.84. The van der Waals surface area contributed by atoms with E-state index in [1.165, 1.54) is 18.4 Å². The predicted molar refractivity (Wildman–Crippen MR) is 79.0 cm³/mol. The van der Waals surface area contributed by atoms with Crippen molar-refractivity contribution in [3.8, 4) is 0 Å². The van der Waals surface area contributed by atoms with Crippen molar-refractivity contribution in [2.24, 2.45) is 5.92 Å². The summed E-state index contributed by atoms with van der Waals surface area (Å²) in [5.41, 5.74) is 1.79. The molecule has 1 aromatic rings. The van der Waals surface area contributed by atoms with E-state index in [4.69, 9.17) is 4.74 Å². The Bertz CT molecular complexity index is 379. The summed E-state index contributed by atoms with van der Waals surface area (Å²) in [5.74, 6) is 0.758. The van der Waals surface area contributed by atoms with Gasteiger partial charge < -0.3 is 10.1 Å². The summed E-state index contributed by atoms with van der Waals surface area (Å²) >= 11 is 3.51. The molecule has 0 bridgehead atoms. The summed E-state index contributed by atoms with van der Waals surface area (Å²) < 4.78 is 6.24. The normalized spacial score (nSPS) is 26.9. The lowest BCUT2D eigenvalue weighted by Gasteiger charge is -2.49. The van der Waals surface area contributed by atoms with E-state index in [2.05, 4.69) is 52.4 Å². The van der Waals surface area contributed by atoms with E-state index in [-0.39, 0.29) is 0 Å². The number of methoxy groups -OCH3 is 1. The van der Waals surface area contributed by atoms with Crippen LogP contribution in [-0.4, -0.2) is 26.8 Å². The summed E-state index contributed by atoms with van der Waals surface area (Å²) in [6.45, 7) is 5.13. The van der Waals surface area contributed by atoms with Gasteiger partial charge in [0.15, 0.2) is 0 Å². The molecule has 18 heavy (non-hydrogen) atoms. The molecule has 1 saturated carbocycles. The minimum Gasteiger partial charge on any atom is -0.383 e. The van der Waals surface area contributed by atoms with E-state index in [9.17, 15) is 0 Å². The predicted octanol–water partition coefficient (Wildman–Crippen LogP) is 3.35. The lowest BCUT2D eigenvalue weighted by molar-refractivity contribution is 0.127. The second kappa shape index (κ2) is 6.18. The van der Waals surface area contributed by atoms with Gasteiger partial charge in [0.25, 0.3) is 0 Å². The lowest BCUT2D eigenvalue weighted by Crippen LogP contribution is -2.50. The number of nitrogens with one attached hydrogen (secondary N) is 1. The third kappa shape index (κ3) is 2.79. The summed E-state index contributed by atoms with van der Waals surface area (Å²) in [4.78, 5) is 0. The van der Waals surface area contributed by atoms with Gasteiger partial charge in [-0.3, -0.25) is 0 Å². The Hall–Kier alpha value is -0.380. The smallest absolute Gasteiger partial charge is 0.0587 e. The number of hydrogen-bond donors (Lipinski definition) is 1. The fourth-order valence-corrected chi connectivity index (χ4v) is 3.11. The molecule has 3 heteroatoms. The first kappa shape index (κ1) is 14.0. The number of halogens is 1. The van der Waals surface area contributed by atoms with E-state index in [1.807, 2.05) is 0 Å². The zero-order valence-electron chi connectivity index (χ0n) is 11.2. The molecule has 1 aromatic carbocycles. The van der Waals surface area contributed by atoms with Crippen LogP contribution < -0.4 is 5.32 Å². The molecule has 100 valence electrons. The highest BCUT2D eigenvalue weighted by Gasteiger charge is 2.44. The van der Waals surface area contributed by atoms with E-state index in [0.717, 1.165) is 30.1 Å². The van der Waals surface area contributed by atoms with E-state index < -0.39 is 0 Å². The molecule has 0 saturated heterocycles. The second-order valence-electron chi connectivity index (χ2n) is 5.27. The van der Waals surface area contributed by atoms with Crippen LogP contribution in [0.3, 0.4) is 0 Å². The highest BCUT2D eigenvalue weighted by molar-refractivity contribution is 9.10. The van der Waals surface area contributed by atoms with Crippen LogP contribution in [0.15, 0.2) is 28.7 Å². The highest BCUT2D eigenvalue weighted by atomic mass is 79.9. The van der Waals surface area contributed by atoms with Gasteiger partial charge in [-0.1, -0.05) is 35.0 Å². The minimum absolute atomic E-state index is 0.328. The first-order chi connectivity index (χ1) is 8.69. The number of rotatable bonds is 6. The van der Waals surface area contributed by atoms with Crippen LogP contribution in [0, 0.1) is 5.92 Å². The van der Waals surface area contributed by atoms with Crippen molar-refractivity contribution in [1.29, 1.82) is 0 Å². The fraction of sp³-hybridized carbons (Fsp3) is 0.600. The Morgan fingerprint density at radius 3 is 2.61 bits per heavy atom. The highest BCUT2D eigenvalue weighted by Crippen LogP contribution is 2.48. The van der Waals surface area contributed by atoms with E-state index >= 15 is 0 Å². The third-order valence-corrected chi connectivity index (χ3v) is 4.84. The van der Waals surface area contributed by atoms with Gasteiger partial charge in [-0.15, -0.1) is 0 Å². The molecule has 2 nitrogen and oxygen atoms in total. The Kier molecular flexibility index (Phi) is 4.82. The topological polar surface area (TPSA) is 21.3 Å². The van der Waals surface area contributed by atoms with Gasteiger partial charge in [0, 0.05) is 30.1 Å². The molecule has 1 fully saturated rings. The largest absolute Gasteiger partial charge is 0.383 e. The van der Waals surface area contributed by atoms with Crippen LogP contribution in [-0.2, 0) is 10.2 Å². The first-order valence-corrected chi connectivity index (χ1v) is 7.44. The van der Waals surface area contributed by atoms with Crippen LogP contribution in [0.4, 0.5) is 0 Å². The van der Waals surface area contributed by atoms with Gasteiger partial charge in [0.05, 0.1) is 6.61 Å². The molecule has 0 amide bonds. The molecule has 1 aliphatic carbocycles. The van der Waals surface area contributed by atoms with Crippen molar-refractivity contribution in [1.82, 2.24) is 5.32 Å². The lowest BCUT2D eigenvalue weighted by atomic mass is 9.57. The van der Waals surface area contributed by atoms with Gasteiger partial charge in [-0.25, -0.2) is 0 Å². The monoisotopic (exact) mass is 311 g/mol. The molecular formula is C15H22BrNO. The quantitative estimate of drug-likeness (QED) is 0.813. The summed E-state index contributed by atoms with van der Waals surface area (Å²) in [6, 6.07) is 8.82. The first-order valence-electron chi connectivity index (χ1n) is 6.65. The Balaban J connectivity index is 2.05. The SMILES string of the molecule is COCCNCC1(c2ccc(Br)cc2)CCC1C. The van der Waals surface area contributed by atoms with Crippen molar-refractivity contribution < 1.29 is 4.74 Å². The van der Waals surface area contributed by atoms with Gasteiger partial charge in [-0.05, 0) is 36.5 Å². The average molecular weight is 312 g/mol. The van der Waals surface area contributed by atoms with Crippen LogP contribution >= 0.6 is 15.9 Å². The summed E-state index contributed by atoms with van der Waals surface area (Å²) in [7, 11) is 1.75. The maximum absolute atomic E-state index is 5.09. The molecule has 0 aliphatic heterocycles.